The average Bonchev–Trinajstić information content (AvgIpc) is 2.63. The Morgan fingerprint density at radius 3 is 2.48 bits per heavy atom. The average molecular weight is 340 g/mol. The molecule has 0 spiro atoms. The molecule has 0 bridgehead atoms. The van der Waals surface area contributed by atoms with Crippen LogP contribution in [0.4, 0.5) is 0 Å². The minimum absolute atomic E-state index is 0.101. The zero-order valence-corrected chi connectivity index (χ0v) is 15.0. The highest BCUT2D eigenvalue weighted by atomic mass is 16.2. The molecule has 1 atom stereocenters. The van der Waals surface area contributed by atoms with E-state index in [0.717, 1.165) is 24.0 Å². The number of ketones is 1. The van der Waals surface area contributed by atoms with Gasteiger partial charge >= 0.3 is 0 Å². The van der Waals surface area contributed by atoms with Gasteiger partial charge in [0.15, 0.2) is 5.78 Å². The maximum absolute atomic E-state index is 12.9. The first-order valence-corrected chi connectivity index (χ1v) is 9.45. The summed E-state index contributed by atoms with van der Waals surface area (Å²) in [6.45, 7) is 2.26. The van der Waals surface area contributed by atoms with Crippen LogP contribution in [-0.4, -0.2) is 28.7 Å². The van der Waals surface area contributed by atoms with Crippen LogP contribution in [0.2, 0.25) is 0 Å². The maximum atomic E-state index is 12.9. The van der Waals surface area contributed by atoms with Gasteiger partial charge in [-0.25, -0.2) is 0 Å². The van der Waals surface area contributed by atoms with Crippen LogP contribution in [0.15, 0.2) is 42.1 Å². The molecule has 4 nitrogen and oxygen atoms in total. The molecule has 0 aromatic heterocycles. The van der Waals surface area contributed by atoms with Crippen molar-refractivity contribution < 1.29 is 9.59 Å². The van der Waals surface area contributed by atoms with Crippen LogP contribution in [0.25, 0.3) is 0 Å². The lowest BCUT2D eigenvalue weighted by Crippen LogP contribution is -2.49. The second kappa shape index (κ2) is 8.32. The molecule has 1 saturated carbocycles. The summed E-state index contributed by atoms with van der Waals surface area (Å²) in [6.07, 6.45) is 9.16. The Morgan fingerprint density at radius 1 is 1.08 bits per heavy atom. The lowest BCUT2D eigenvalue weighted by atomic mass is 9.93. The molecule has 25 heavy (non-hydrogen) atoms. The number of carbonyl (C=O) groups is 2. The van der Waals surface area contributed by atoms with Gasteiger partial charge < -0.3 is 10.2 Å². The summed E-state index contributed by atoms with van der Waals surface area (Å²) < 4.78 is 0. The molecule has 3 rings (SSSR count). The van der Waals surface area contributed by atoms with Crippen LogP contribution >= 0.6 is 0 Å². The molecule has 1 amide bonds. The number of nitrogens with zero attached hydrogens (tertiary/aromatic N) is 1. The summed E-state index contributed by atoms with van der Waals surface area (Å²) in [5, 5.41) is 3.25. The van der Waals surface area contributed by atoms with Gasteiger partial charge in [0.1, 0.15) is 6.04 Å². The van der Waals surface area contributed by atoms with Gasteiger partial charge in [0.25, 0.3) is 0 Å². The van der Waals surface area contributed by atoms with E-state index in [4.69, 9.17) is 0 Å². The molecule has 1 aromatic rings. The molecule has 1 heterocycles. The number of amides is 1. The van der Waals surface area contributed by atoms with Crippen LogP contribution < -0.4 is 5.32 Å². The number of benzene rings is 1. The topological polar surface area (TPSA) is 49.4 Å². The first kappa shape index (κ1) is 17.7. The molecule has 1 aliphatic heterocycles. The van der Waals surface area contributed by atoms with E-state index in [1.165, 1.54) is 19.3 Å². The van der Waals surface area contributed by atoms with Crippen molar-refractivity contribution in [2.24, 2.45) is 0 Å². The van der Waals surface area contributed by atoms with Gasteiger partial charge in [-0.05, 0) is 38.2 Å². The van der Waals surface area contributed by atoms with E-state index in [-0.39, 0.29) is 17.7 Å². The predicted molar refractivity (Wildman–Crippen MR) is 98.8 cm³/mol. The monoisotopic (exact) mass is 340 g/mol. The molecule has 1 aliphatic carbocycles. The molecule has 1 N–H and O–H groups in total. The Labute approximate surface area is 150 Å². The van der Waals surface area contributed by atoms with E-state index >= 15 is 0 Å². The third-order valence-electron chi connectivity index (χ3n) is 5.32. The first-order valence-electron chi connectivity index (χ1n) is 9.45. The second-order valence-corrected chi connectivity index (χ2v) is 7.27. The fourth-order valence-electron chi connectivity index (χ4n) is 3.86. The standard InChI is InChI=1S/C21H28N2O2/c1-16(24)18-12-13-20(21(25)22-19-10-6-3-7-11-19)23(15-18)14-17-8-4-2-5-9-17/h2,4-5,8-9,15,19-20H,3,6-7,10-14H2,1H3,(H,22,25). The molecular weight excluding hydrogens is 312 g/mol. The van der Waals surface area contributed by atoms with E-state index < -0.39 is 0 Å². The number of hydrogen-bond acceptors (Lipinski definition) is 3. The van der Waals surface area contributed by atoms with Crippen LogP contribution in [0.5, 0.6) is 0 Å². The third-order valence-corrected chi connectivity index (χ3v) is 5.32. The van der Waals surface area contributed by atoms with E-state index in [9.17, 15) is 9.59 Å². The number of rotatable bonds is 5. The normalized spacial score (nSPS) is 21.6. The van der Waals surface area contributed by atoms with Gasteiger partial charge in [0.05, 0.1) is 0 Å². The molecule has 2 aliphatic rings. The maximum Gasteiger partial charge on any atom is 0.242 e. The van der Waals surface area contributed by atoms with Gasteiger partial charge in [0.2, 0.25) is 5.91 Å². The van der Waals surface area contributed by atoms with Crippen molar-refractivity contribution in [2.75, 3.05) is 0 Å². The van der Waals surface area contributed by atoms with Crippen LogP contribution in [0.1, 0.15) is 57.4 Å². The van der Waals surface area contributed by atoms with Crippen molar-refractivity contribution in [3.05, 3.63) is 47.7 Å². The van der Waals surface area contributed by atoms with Gasteiger partial charge in [-0.2, -0.15) is 0 Å². The lowest BCUT2D eigenvalue weighted by Gasteiger charge is -2.35. The number of Topliss-reactive ketones (excluding diaryl/α,β-unsaturated/α-hetero) is 1. The zero-order chi connectivity index (χ0) is 17.6. The lowest BCUT2D eigenvalue weighted by molar-refractivity contribution is -0.127. The molecular formula is C21H28N2O2. The molecule has 0 radical (unpaired) electrons. The number of hydrogen-bond donors (Lipinski definition) is 1. The predicted octanol–water partition coefficient (Wildman–Crippen LogP) is 3.57. The van der Waals surface area contributed by atoms with Crippen molar-refractivity contribution in [2.45, 2.75) is 70.5 Å². The summed E-state index contributed by atoms with van der Waals surface area (Å²) >= 11 is 0. The van der Waals surface area contributed by atoms with Crippen molar-refractivity contribution in [1.82, 2.24) is 10.2 Å². The van der Waals surface area contributed by atoms with Crippen LogP contribution in [0, 0.1) is 0 Å². The fraction of sp³-hybridized carbons (Fsp3) is 0.524. The molecule has 1 aromatic carbocycles. The Balaban J connectivity index is 1.73. The molecule has 1 fully saturated rings. The van der Waals surface area contributed by atoms with E-state index in [2.05, 4.69) is 17.4 Å². The zero-order valence-electron chi connectivity index (χ0n) is 15.0. The summed E-state index contributed by atoms with van der Waals surface area (Å²) in [5.74, 6) is 0.214. The quantitative estimate of drug-likeness (QED) is 0.891. The highest BCUT2D eigenvalue weighted by molar-refractivity contribution is 5.94. The van der Waals surface area contributed by atoms with Gasteiger partial charge in [-0.15, -0.1) is 0 Å². The Kier molecular flexibility index (Phi) is 5.90. The number of carbonyl (C=O) groups excluding carboxylic acids is 2. The minimum Gasteiger partial charge on any atom is -0.361 e. The smallest absolute Gasteiger partial charge is 0.242 e. The fourth-order valence-corrected chi connectivity index (χ4v) is 3.86. The van der Waals surface area contributed by atoms with E-state index in [1.54, 1.807) is 6.92 Å². The van der Waals surface area contributed by atoms with E-state index in [1.807, 2.05) is 29.3 Å². The third kappa shape index (κ3) is 4.71. The number of nitrogens with one attached hydrogen (secondary N) is 1. The van der Waals surface area contributed by atoms with Gasteiger partial charge in [-0.1, -0.05) is 49.6 Å². The Hall–Kier alpha value is -2.10. The van der Waals surface area contributed by atoms with Crippen molar-refractivity contribution in [1.29, 1.82) is 0 Å². The molecule has 1 unspecified atom stereocenters. The molecule has 134 valence electrons. The highest BCUT2D eigenvalue weighted by Crippen LogP contribution is 2.25. The van der Waals surface area contributed by atoms with Crippen molar-refractivity contribution >= 4 is 11.7 Å². The first-order chi connectivity index (χ1) is 12.1. The molecule has 0 saturated heterocycles. The Bertz CT molecular complexity index is 633. The second-order valence-electron chi connectivity index (χ2n) is 7.27. The summed E-state index contributed by atoms with van der Waals surface area (Å²) in [4.78, 5) is 26.7. The SMILES string of the molecule is CC(=O)C1=CN(Cc2ccccc2)C(C(=O)NC2CCCCC2)CC1. The van der Waals surface area contributed by atoms with Crippen LogP contribution in [0.3, 0.4) is 0 Å². The van der Waals surface area contributed by atoms with Crippen LogP contribution in [-0.2, 0) is 16.1 Å². The van der Waals surface area contributed by atoms with Crippen molar-refractivity contribution in [3.8, 4) is 0 Å². The van der Waals surface area contributed by atoms with E-state index in [0.29, 0.717) is 25.4 Å². The van der Waals surface area contributed by atoms with Crippen molar-refractivity contribution in [3.63, 3.8) is 0 Å². The minimum atomic E-state index is -0.190. The molecule has 4 heteroatoms. The number of allylic oxidation sites excluding steroid dienone is 1. The largest absolute Gasteiger partial charge is 0.361 e. The summed E-state index contributed by atoms with van der Waals surface area (Å²) in [6, 6.07) is 10.3. The van der Waals surface area contributed by atoms with Gasteiger partial charge in [-0.3, -0.25) is 9.59 Å². The summed E-state index contributed by atoms with van der Waals surface area (Å²) in [5.41, 5.74) is 1.97. The van der Waals surface area contributed by atoms with Gasteiger partial charge in [0, 0.05) is 24.4 Å². The Morgan fingerprint density at radius 2 is 1.80 bits per heavy atom. The summed E-state index contributed by atoms with van der Waals surface area (Å²) in [7, 11) is 0. The highest BCUT2D eigenvalue weighted by Gasteiger charge is 2.30.